The molecule has 0 heterocycles. The molecule has 36 valence electrons. The van der Waals surface area contributed by atoms with Crippen LogP contribution in [0.5, 0.6) is 0 Å². The third-order valence-electron chi connectivity index (χ3n) is 0.508. The molecule has 0 spiro atoms. The van der Waals surface area contributed by atoms with Crippen LogP contribution in [0.3, 0.4) is 0 Å². The number of aliphatic hydroxyl groups excluding tert-OH is 1. The zero-order chi connectivity index (χ0) is 4.99. The van der Waals surface area contributed by atoms with Crippen LogP contribution in [-0.4, -0.2) is 11.2 Å². The third-order valence-corrected chi connectivity index (χ3v) is 0.508. The van der Waals surface area contributed by atoms with Crippen LogP contribution in [0.2, 0.25) is 0 Å². The highest BCUT2D eigenvalue weighted by Crippen LogP contribution is 1.85. The topological polar surface area (TPSA) is 20.2 Å². The van der Waals surface area contributed by atoms with Crippen molar-refractivity contribution in [1.29, 1.82) is 0 Å². The number of hydrogen-bond donors (Lipinski definition) is 1. The maximum absolute atomic E-state index is 8.48. The average Bonchev–Trinajstić information content (AvgIpc) is 1.35. The molecule has 0 aromatic rings. The molecule has 1 atom stereocenters. The second kappa shape index (κ2) is 2.91. The van der Waals surface area contributed by atoms with E-state index in [9.17, 15) is 0 Å². The Labute approximate surface area is 38.3 Å². The minimum Gasteiger partial charge on any atom is -0.393 e. The second-order valence-corrected chi connectivity index (χ2v) is 1.37. The van der Waals surface area contributed by atoms with E-state index in [0.29, 0.717) is 6.42 Å². The molecule has 0 aromatic heterocycles. The first kappa shape index (κ1) is 5.70. The van der Waals surface area contributed by atoms with Gasteiger partial charge in [0.15, 0.2) is 0 Å². The third kappa shape index (κ3) is 3.70. The second-order valence-electron chi connectivity index (χ2n) is 1.37. The van der Waals surface area contributed by atoms with E-state index in [4.69, 9.17) is 5.11 Å². The highest BCUT2D eigenvalue weighted by atomic mass is 16.3. The van der Waals surface area contributed by atoms with E-state index < -0.39 is 0 Å². The Kier molecular flexibility index (Phi) is 2.77. The fraction of sp³-hybridized carbons (Fsp3) is 0.600. The lowest BCUT2D eigenvalue weighted by Gasteiger charge is -1.92. The quantitative estimate of drug-likeness (QED) is 0.496. The predicted octanol–water partition coefficient (Wildman–Crippen LogP) is 0.943. The van der Waals surface area contributed by atoms with Crippen LogP contribution in [0.25, 0.3) is 0 Å². The van der Waals surface area contributed by atoms with Gasteiger partial charge in [-0.05, 0) is 13.3 Å². The molecular formula is C5H10O. The molecule has 1 heteroatoms. The van der Waals surface area contributed by atoms with E-state index in [1.165, 1.54) is 0 Å². The summed E-state index contributed by atoms with van der Waals surface area (Å²) in [5.41, 5.74) is 0. The predicted molar refractivity (Wildman–Crippen MR) is 26.5 cm³/mol. The van der Waals surface area contributed by atoms with Crippen molar-refractivity contribution < 1.29 is 5.11 Å². The van der Waals surface area contributed by atoms with Gasteiger partial charge in [-0.3, -0.25) is 0 Å². The van der Waals surface area contributed by atoms with Crippen molar-refractivity contribution in [1.82, 2.24) is 0 Å². The van der Waals surface area contributed by atoms with Crippen molar-refractivity contribution in [3.8, 4) is 0 Å². The van der Waals surface area contributed by atoms with Gasteiger partial charge in [-0.15, -0.1) is 6.58 Å². The summed E-state index contributed by atoms with van der Waals surface area (Å²) in [5, 5.41) is 8.48. The van der Waals surface area contributed by atoms with Gasteiger partial charge in [0.2, 0.25) is 0 Å². The van der Waals surface area contributed by atoms with Crippen LogP contribution in [0.15, 0.2) is 12.7 Å². The van der Waals surface area contributed by atoms with Gasteiger partial charge in [0, 0.05) is 0 Å². The molecule has 0 saturated carbocycles. The Morgan fingerprint density at radius 3 is 2.50 bits per heavy atom. The Morgan fingerprint density at radius 1 is 2.00 bits per heavy atom. The minimum absolute atomic E-state index is 0.220. The van der Waals surface area contributed by atoms with Gasteiger partial charge >= 0.3 is 0 Å². The highest BCUT2D eigenvalue weighted by molar-refractivity contribution is 4.68. The summed E-state index contributed by atoms with van der Waals surface area (Å²) in [7, 11) is 0. The lowest BCUT2D eigenvalue weighted by Crippen LogP contribution is -1.94. The van der Waals surface area contributed by atoms with Crippen LogP contribution in [-0.2, 0) is 0 Å². The summed E-state index contributed by atoms with van der Waals surface area (Å²) in [5.74, 6) is 0. The standard InChI is InChI=1S/C5H10O/c1-3-4-5(2)6/h3,5-6H,1,4H2,2H3/t5-/m0/s1. The van der Waals surface area contributed by atoms with Crippen LogP contribution in [0.1, 0.15) is 13.3 Å². The summed E-state index contributed by atoms with van der Waals surface area (Å²) in [6.07, 6.45) is 2.17. The molecule has 0 aliphatic heterocycles. The van der Waals surface area contributed by atoms with Gasteiger partial charge < -0.3 is 5.11 Å². The highest BCUT2D eigenvalue weighted by Gasteiger charge is 1.84. The molecule has 0 saturated heterocycles. The zero-order valence-electron chi connectivity index (χ0n) is 4.02. The van der Waals surface area contributed by atoms with Gasteiger partial charge in [0.1, 0.15) is 0 Å². The van der Waals surface area contributed by atoms with Crippen molar-refractivity contribution in [2.75, 3.05) is 0 Å². The summed E-state index contributed by atoms with van der Waals surface area (Å²) in [6.45, 7) is 5.18. The van der Waals surface area contributed by atoms with Crippen LogP contribution >= 0.6 is 0 Å². The molecule has 0 unspecified atom stereocenters. The average molecular weight is 86.1 g/mol. The van der Waals surface area contributed by atoms with Gasteiger partial charge in [-0.25, -0.2) is 0 Å². The van der Waals surface area contributed by atoms with Crippen LogP contribution < -0.4 is 0 Å². The lowest BCUT2D eigenvalue weighted by molar-refractivity contribution is 0.198. The van der Waals surface area contributed by atoms with Crippen molar-refractivity contribution in [2.24, 2.45) is 0 Å². The van der Waals surface area contributed by atoms with Crippen LogP contribution in [0.4, 0.5) is 0 Å². The van der Waals surface area contributed by atoms with E-state index in [-0.39, 0.29) is 6.10 Å². The number of aliphatic hydroxyl groups is 1. The maximum Gasteiger partial charge on any atom is 0.0546 e. The molecule has 0 aromatic carbocycles. The molecular weight excluding hydrogens is 76.1 g/mol. The normalized spacial score (nSPS) is 13.7. The summed E-state index contributed by atoms with van der Waals surface area (Å²) in [4.78, 5) is 0. The Hall–Kier alpha value is -0.300. The fourth-order valence-electron chi connectivity index (χ4n) is 0.241. The molecule has 0 radical (unpaired) electrons. The van der Waals surface area contributed by atoms with E-state index in [2.05, 4.69) is 6.58 Å². The molecule has 1 N–H and O–H groups in total. The number of rotatable bonds is 2. The first-order valence-electron chi connectivity index (χ1n) is 2.06. The number of hydrogen-bond acceptors (Lipinski definition) is 1. The lowest BCUT2D eigenvalue weighted by atomic mass is 10.3. The Morgan fingerprint density at radius 2 is 2.50 bits per heavy atom. The van der Waals surface area contributed by atoms with Gasteiger partial charge in [-0.2, -0.15) is 0 Å². The summed E-state index contributed by atoms with van der Waals surface area (Å²) in [6, 6.07) is 0. The fourth-order valence-corrected chi connectivity index (χ4v) is 0.241. The van der Waals surface area contributed by atoms with Crippen LogP contribution in [0, 0.1) is 0 Å². The van der Waals surface area contributed by atoms with Crippen molar-refractivity contribution in [2.45, 2.75) is 19.4 Å². The summed E-state index contributed by atoms with van der Waals surface area (Å²) < 4.78 is 0. The summed E-state index contributed by atoms with van der Waals surface area (Å²) >= 11 is 0. The Bertz CT molecular complexity index is 39.2. The van der Waals surface area contributed by atoms with Gasteiger partial charge in [0.25, 0.3) is 0 Å². The molecule has 0 fully saturated rings. The van der Waals surface area contributed by atoms with E-state index in [1.54, 1.807) is 13.0 Å². The minimum atomic E-state index is -0.220. The molecule has 0 aliphatic carbocycles. The molecule has 1 nitrogen and oxygen atoms in total. The van der Waals surface area contributed by atoms with Crippen molar-refractivity contribution in [3.63, 3.8) is 0 Å². The van der Waals surface area contributed by atoms with E-state index in [1.807, 2.05) is 0 Å². The Balaban J connectivity index is 2.81. The van der Waals surface area contributed by atoms with Gasteiger partial charge in [-0.1, -0.05) is 6.08 Å². The van der Waals surface area contributed by atoms with Crippen molar-refractivity contribution in [3.05, 3.63) is 12.7 Å². The molecule has 0 rings (SSSR count). The molecule has 0 amide bonds. The molecule has 0 aliphatic rings. The first-order valence-corrected chi connectivity index (χ1v) is 2.06. The maximum atomic E-state index is 8.48. The largest absolute Gasteiger partial charge is 0.393 e. The van der Waals surface area contributed by atoms with Crippen molar-refractivity contribution >= 4 is 0 Å². The van der Waals surface area contributed by atoms with E-state index >= 15 is 0 Å². The first-order chi connectivity index (χ1) is 2.77. The van der Waals surface area contributed by atoms with E-state index in [0.717, 1.165) is 0 Å². The SMILES string of the molecule is C=CC[C@H](C)O. The van der Waals surface area contributed by atoms with Gasteiger partial charge in [0.05, 0.1) is 6.10 Å². The zero-order valence-corrected chi connectivity index (χ0v) is 4.02. The molecule has 0 bridgehead atoms. The smallest absolute Gasteiger partial charge is 0.0546 e. The monoisotopic (exact) mass is 86.1 g/mol. The molecule has 6 heavy (non-hydrogen) atoms.